The largest absolute Gasteiger partial charge is 0.301 e. The molecule has 0 aromatic rings. The molecule has 0 unspecified atom stereocenters. The summed E-state index contributed by atoms with van der Waals surface area (Å²) in [6.45, 7) is 7.07. The van der Waals surface area contributed by atoms with Crippen LogP contribution in [0, 0.1) is 11.8 Å². The highest BCUT2D eigenvalue weighted by Crippen LogP contribution is 2.30. The van der Waals surface area contributed by atoms with E-state index in [0.717, 1.165) is 38.0 Å². The third-order valence-electron chi connectivity index (χ3n) is 4.64. The van der Waals surface area contributed by atoms with Crippen LogP contribution in [-0.4, -0.2) is 55.5 Å². The fourth-order valence-corrected chi connectivity index (χ4v) is 3.35. The highest BCUT2D eigenvalue weighted by molar-refractivity contribution is 4.79. The molecule has 2 fully saturated rings. The highest BCUT2D eigenvalue weighted by atomic mass is 19.3. The smallest absolute Gasteiger partial charge is 0.251 e. The van der Waals surface area contributed by atoms with Gasteiger partial charge in [0.15, 0.2) is 0 Å². The van der Waals surface area contributed by atoms with Gasteiger partial charge in [0.1, 0.15) is 0 Å². The summed E-state index contributed by atoms with van der Waals surface area (Å²) in [4.78, 5) is 4.37. The van der Waals surface area contributed by atoms with Crippen molar-refractivity contribution in [1.29, 1.82) is 0 Å². The Morgan fingerprint density at radius 1 is 1.00 bits per heavy atom. The van der Waals surface area contributed by atoms with Crippen LogP contribution in [0.5, 0.6) is 0 Å². The lowest BCUT2D eigenvalue weighted by Gasteiger charge is -2.38. The van der Waals surface area contributed by atoms with Gasteiger partial charge in [0.05, 0.1) is 6.54 Å². The standard InChI is InChI=1S/C14H26F2N2/c1-12-4-2-3-5-13(12)10-17-6-8-18(9-7-17)11-14(15)16/h12-14H,2-11H2,1H3/t12-,13+/m0/s1. The number of piperazine rings is 1. The van der Waals surface area contributed by atoms with Crippen molar-refractivity contribution >= 4 is 0 Å². The second-order valence-corrected chi connectivity index (χ2v) is 6.01. The first-order valence-electron chi connectivity index (χ1n) is 7.38. The van der Waals surface area contributed by atoms with E-state index in [2.05, 4.69) is 11.8 Å². The molecule has 2 rings (SSSR count). The van der Waals surface area contributed by atoms with Gasteiger partial charge in [0.2, 0.25) is 0 Å². The second kappa shape index (κ2) is 6.80. The molecule has 106 valence electrons. The van der Waals surface area contributed by atoms with E-state index in [1.165, 1.54) is 32.2 Å². The first-order chi connectivity index (χ1) is 8.65. The van der Waals surface area contributed by atoms with E-state index in [1.54, 1.807) is 0 Å². The molecule has 18 heavy (non-hydrogen) atoms. The second-order valence-electron chi connectivity index (χ2n) is 6.01. The maximum Gasteiger partial charge on any atom is 0.251 e. The van der Waals surface area contributed by atoms with Crippen molar-refractivity contribution in [2.45, 2.75) is 39.0 Å². The zero-order valence-corrected chi connectivity index (χ0v) is 11.5. The van der Waals surface area contributed by atoms with Gasteiger partial charge in [-0.1, -0.05) is 26.2 Å². The Bertz CT molecular complexity index is 240. The van der Waals surface area contributed by atoms with E-state index in [4.69, 9.17) is 0 Å². The Morgan fingerprint density at radius 2 is 1.61 bits per heavy atom. The van der Waals surface area contributed by atoms with Gasteiger partial charge in [-0.2, -0.15) is 0 Å². The summed E-state index contributed by atoms with van der Waals surface area (Å²) in [5.74, 6) is 1.68. The third-order valence-corrected chi connectivity index (χ3v) is 4.64. The number of hydrogen-bond acceptors (Lipinski definition) is 2. The molecule has 0 bridgehead atoms. The van der Waals surface area contributed by atoms with Gasteiger partial charge in [-0.15, -0.1) is 0 Å². The molecule has 1 saturated carbocycles. The van der Waals surface area contributed by atoms with Gasteiger partial charge in [-0.25, -0.2) is 8.78 Å². The Kier molecular flexibility index (Phi) is 5.37. The average molecular weight is 260 g/mol. The van der Waals surface area contributed by atoms with Gasteiger partial charge in [0, 0.05) is 32.7 Å². The van der Waals surface area contributed by atoms with E-state index in [1.807, 2.05) is 4.90 Å². The van der Waals surface area contributed by atoms with Crippen LogP contribution in [0.1, 0.15) is 32.6 Å². The summed E-state index contributed by atoms with van der Waals surface area (Å²) in [6, 6.07) is 0. The molecule has 1 heterocycles. The third kappa shape index (κ3) is 4.16. The molecule has 1 aliphatic carbocycles. The molecule has 0 radical (unpaired) electrons. The van der Waals surface area contributed by atoms with Crippen molar-refractivity contribution in [2.24, 2.45) is 11.8 Å². The maximum absolute atomic E-state index is 12.3. The predicted molar refractivity (Wildman–Crippen MR) is 70.0 cm³/mol. The summed E-state index contributed by atoms with van der Waals surface area (Å²) in [7, 11) is 0. The van der Waals surface area contributed by atoms with Gasteiger partial charge in [-0.05, 0) is 18.3 Å². The summed E-state index contributed by atoms with van der Waals surface area (Å²) in [5.41, 5.74) is 0. The molecule has 2 aliphatic rings. The van der Waals surface area contributed by atoms with Crippen molar-refractivity contribution in [3.63, 3.8) is 0 Å². The minimum absolute atomic E-state index is 0.0479. The number of hydrogen-bond donors (Lipinski definition) is 0. The Hall–Kier alpha value is -0.220. The molecule has 1 aliphatic heterocycles. The molecule has 4 heteroatoms. The summed E-state index contributed by atoms with van der Waals surface area (Å²) >= 11 is 0. The van der Waals surface area contributed by atoms with E-state index in [9.17, 15) is 8.78 Å². The molecule has 2 atom stereocenters. The Labute approximate surface area is 109 Å². The first kappa shape index (κ1) is 14.2. The van der Waals surface area contributed by atoms with Crippen molar-refractivity contribution in [3.8, 4) is 0 Å². The minimum atomic E-state index is -2.19. The lowest BCUT2D eigenvalue weighted by molar-refractivity contribution is 0.0462. The molecule has 0 aromatic carbocycles. The number of nitrogens with zero attached hydrogens (tertiary/aromatic N) is 2. The zero-order chi connectivity index (χ0) is 13.0. The molecule has 0 aromatic heterocycles. The van der Waals surface area contributed by atoms with Crippen molar-refractivity contribution in [3.05, 3.63) is 0 Å². The van der Waals surface area contributed by atoms with Crippen LogP contribution >= 0.6 is 0 Å². The Balaban J connectivity index is 1.69. The number of halogens is 2. The normalized spacial score (nSPS) is 32.0. The summed E-state index contributed by atoms with van der Waals surface area (Å²) < 4.78 is 24.6. The van der Waals surface area contributed by atoms with Crippen LogP contribution in [0.3, 0.4) is 0 Å². The monoisotopic (exact) mass is 260 g/mol. The molecule has 2 nitrogen and oxygen atoms in total. The molecular formula is C14H26F2N2. The Morgan fingerprint density at radius 3 is 2.22 bits per heavy atom. The lowest BCUT2D eigenvalue weighted by Crippen LogP contribution is -2.49. The van der Waals surface area contributed by atoms with Crippen LogP contribution in [0.2, 0.25) is 0 Å². The van der Waals surface area contributed by atoms with Crippen molar-refractivity contribution < 1.29 is 8.78 Å². The minimum Gasteiger partial charge on any atom is -0.301 e. The van der Waals surface area contributed by atoms with Gasteiger partial charge in [-0.3, -0.25) is 4.90 Å². The average Bonchev–Trinajstić information content (AvgIpc) is 2.34. The molecule has 0 amide bonds. The maximum atomic E-state index is 12.3. The first-order valence-corrected chi connectivity index (χ1v) is 7.38. The molecule has 0 spiro atoms. The van der Waals surface area contributed by atoms with Gasteiger partial charge >= 0.3 is 0 Å². The van der Waals surface area contributed by atoms with Gasteiger partial charge in [0.25, 0.3) is 6.43 Å². The van der Waals surface area contributed by atoms with Crippen LogP contribution in [0.15, 0.2) is 0 Å². The quantitative estimate of drug-likeness (QED) is 0.767. The van der Waals surface area contributed by atoms with Crippen LogP contribution in [-0.2, 0) is 0 Å². The number of alkyl halides is 2. The topological polar surface area (TPSA) is 6.48 Å². The van der Waals surface area contributed by atoms with Crippen molar-refractivity contribution in [2.75, 3.05) is 39.3 Å². The van der Waals surface area contributed by atoms with E-state index < -0.39 is 6.43 Å². The lowest BCUT2D eigenvalue weighted by atomic mass is 9.80. The fraction of sp³-hybridized carbons (Fsp3) is 1.00. The van der Waals surface area contributed by atoms with E-state index >= 15 is 0 Å². The van der Waals surface area contributed by atoms with Gasteiger partial charge < -0.3 is 4.90 Å². The highest BCUT2D eigenvalue weighted by Gasteiger charge is 2.26. The van der Waals surface area contributed by atoms with Crippen LogP contribution in [0.25, 0.3) is 0 Å². The van der Waals surface area contributed by atoms with E-state index in [0.29, 0.717) is 0 Å². The zero-order valence-electron chi connectivity index (χ0n) is 11.5. The SMILES string of the molecule is C[C@H]1CCCC[C@@H]1CN1CCN(CC(F)F)CC1. The molecule has 0 N–H and O–H groups in total. The van der Waals surface area contributed by atoms with Crippen molar-refractivity contribution in [1.82, 2.24) is 9.80 Å². The summed E-state index contributed by atoms with van der Waals surface area (Å²) in [6.07, 6.45) is 3.31. The van der Waals surface area contributed by atoms with E-state index in [-0.39, 0.29) is 6.54 Å². The number of rotatable bonds is 4. The van der Waals surface area contributed by atoms with Crippen LogP contribution in [0.4, 0.5) is 8.78 Å². The molecular weight excluding hydrogens is 234 g/mol. The fourth-order valence-electron chi connectivity index (χ4n) is 3.35. The predicted octanol–water partition coefficient (Wildman–Crippen LogP) is 2.70. The molecule has 1 saturated heterocycles. The van der Waals surface area contributed by atoms with Crippen LogP contribution < -0.4 is 0 Å². The summed E-state index contributed by atoms with van der Waals surface area (Å²) in [5, 5.41) is 0.